The van der Waals surface area contributed by atoms with Crippen molar-refractivity contribution in [3.63, 3.8) is 0 Å². The van der Waals surface area contributed by atoms with E-state index in [0.29, 0.717) is 18.3 Å². The van der Waals surface area contributed by atoms with Crippen LogP contribution in [0.4, 0.5) is 5.69 Å². The van der Waals surface area contributed by atoms with Gasteiger partial charge in [0, 0.05) is 12.6 Å². The Morgan fingerprint density at radius 2 is 1.87 bits per heavy atom. The Bertz CT molecular complexity index is 433. The van der Waals surface area contributed by atoms with Gasteiger partial charge in [0.15, 0.2) is 0 Å². The second kappa shape index (κ2) is 4.13. The number of aromatic nitrogens is 2. The lowest BCUT2D eigenvalue weighted by atomic mass is 10.2. The first-order valence-corrected chi connectivity index (χ1v) is 4.83. The van der Waals surface area contributed by atoms with Gasteiger partial charge in [-0.15, -0.1) is 10.2 Å². The van der Waals surface area contributed by atoms with Crippen molar-refractivity contribution in [1.82, 2.24) is 10.2 Å². The minimum absolute atomic E-state index is 0.559. The van der Waals surface area contributed by atoms with Crippen LogP contribution >= 0.6 is 0 Å². The van der Waals surface area contributed by atoms with E-state index in [0.717, 1.165) is 5.69 Å². The maximum atomic E-state index is 5.24. The second-order valence-corrected chi connectivity index (χ2v) is 3.43. The smallest absolute Gasteiger partial charge is 0.235 e. The first-order chi connectivity index (χ1) is 7.24. The van der Waals surface area contributed by atoms with E-state index in [1.807, 2.05) is 12.1 Å². The summed E-state index contributed by atoms with van der Waals surface area (Å²) in [6.07, 6.45) is 0. The molecule has 0 fully saturated rings. The topological polar surface area (TPSA) is 51.0 Å². The van der Waals surface area contributed by atoms with Crippen LogP contribution in [0.5, 0.6) is 0 Å². The van der Waals surface area contributed by atoms with Crippen LogP contribution in [-0.2, 0) is 6.54 Å². The predicted molar refractivity (Wildman–Crippen MR) is 57.5 cm³/mol. The summed E-state index contributed by atoms with van der Waals surface area (Å²) in [4.78, 5) is 0. The first-order valence-electron chi connectivity index (χ1n) is 4.83. The molecule has 0 bridgehead atoms. The molecule has 15 heavy (non-hydrogen) atoms. The van der Waals surface area contributed by atoms with Crippen LogP contribution < -0.4 is 5.32 Å². The third kappa shape index (κ3) is 2.56. The van der Waals surface area contributed by atoms with Crippen molar-refractivity contribution in [2.45, 2.75) is 20.4 Å². The van der Waals surface area contributed by atoms with Crippen molar-refractivity contribution in [1.29, 1.82) is 0 Å². The monoisotopic (exact) mass is 203 g/mol. The quantitative estimate of drug-likeness (QED) is 0.831. The summed E-state index contributed by atoms with van der Waals surface area (Å²) in [7, 11) is 0. The third-order valence-corrected chi connectivity index (χ3v) is 2.06. The summed E-state index contributed by atoms with van der Waals surface area (Å²) >= 11 is 0. The molecule has 0 spiro atoms. The van der Waals surface area contributed by atoms with Crippen molar-refractivity contribution in [2.24, 2.45) is 0 Å². The van der Waals surface area contributed by atoms with Gasteiger partial charge in [0.2, 0.25) is 11.8 Å². The van der Waals surface area contributed by atoms with E-state index in [4.69, 9.17) is 4.42 Å². The fourth-order valence-electron chi connectivity index (χ4n) is 1.26. The molecule has 1 aromatic carbocycles. The Kier molecular flexibility index (Phi) is 2.67. The van der Waals surface area contributed by atoms with E-state index in [9.17, 15) is 0 Å². The summed E-state index contributed by atoms with van der Waals surface area (Å²) in [5.41, 5.74) is 2.30. The van der Waals surface area contributed by atoms with E-state index in [1.165, 1.54) is 5.56 Å². The van der Waals surface area contributed by atoms with Crippen LogP contribution in [0, 0.1) is 13.8 Å². The summed E-state index contributed by atoms with van der Waals surface area (Å²) in [5, 5.41) is 10.9. The number of rotatable bonds is 3. The van der Waals surface area contributed by atoms with Crippen LogP contribution in [0.1, 0.15) is 17.3 Å². The summed E-state index contributed by atoms with van der Waals surface area (Å²) in [6.45, 7) is 4.40. The molecule has 1 N–H and O–H groups in total. The van der Waals surface area contributed by atoms with E-state index < -0.39 is 0 Å². The van der Waals surface area contributed by atoms with Crippen molar-refractivity contribution >= 4 is 5.69 Å². The molecule has 0 aliphatic heterocycles. The lowest BCUT2D eigenvalue weighted by Gasteiger charge is -2.02. The minimum Gasteiger partial charge on any atom is -0.424 e. The van der Waals surface area contributed by atoms with Gasteiger partial charge < -0.3 is 9.73 Å². The van der Waals surface area contributed by atoms with Gasteiger partial charge in [-0.2, -0.15) is 0 Å². The molecule has 78 valence electrons. The van der Waals surface area contributed by atoms with Gasteiger partial charge in [-0.05, 0) is 19.1 Å². The molecule has 0 unspecified atom stereocenters. The van der Waals surface area contributed by atoms with E-state index in [-0.39, 0.29) is 0 Å². The highest BCUT2D eigenvalue weighted by atomic mass is 16.4. The highest BCUT2D eigenvalue weighted by Gasteiger charge is 2.00. The van der Waals surface area contributed by atoms with Crippen molar-refractivity contribution < 1.29 is 4.42 Å². The molecular formula is C11H13N3O. The number of hydrogen-bond acceptors (Lipinski definition) is 4. The molecule has 0 atom stereocenters. The molecule has 1 aromatic heterocycles. The van der Waals surface area contributed by atoms with Gasteiger partial charge in [0.25, 0.3) is 0 Å². The summed E-state index contributed by atoms with van der Waals surface area (Å²) < 4.78 is 5.24. The summed E-state index contributed by atoms with van der Waals surface area (Å²) in [6, 6.07) is 8.17. The fraction of sp³-hybridized carbons (Fsp3) is 0.273. The maximum absolute atomic E-state index is 5.24. The van der Waals surface area contributed by atoms with Gasteiger partial charge in [-0.1, -0.05) is 17.7 Å². The molecule has 2 rings (SSSR count). The first kappa shape index (κ1) is 9.71. The number of hydrogen-bond donors (Lipinski definition) is 1. The standard InChI is InChI=1S/C11H13N3O/c1-8-3-5-10(6-4-8)12-7-11-14-13-9(2)15-11/h3-6,12H,7H2,1-2H3. The molecule has 2 aromatic rings. The molecule has 1 heterocycles. The lowest BCUT2D eigenvalue weighted by molar-refractivity contribution is 0.475. The van der Waals surface area contributed by atoms with E-state index in [2.05, 4.69) is 34.6 Å². The van der Waals surface area contributed by atoms with E-state index in [1.54, 1.807) is 6.92 Å². The number of anilines is 1. The molecule has 0 aliphatic carbocycles. The SMILES string of the molecule is Cc1ccc(NCc2nnc(C)o2)cc1. The molecular weight excluding hydrogens is 190 g/mol. The normalized spacial score (nSPS) is 10.3. The van der Waals surface area contributed by atoms with Crippen LogP contribution in [0.3, 0.4) is 0 Å². The lowest BCUT2D eigenvalue weighted by Crippen LogP contribution is -1.99. The highest BCUT2D eigenvalue weighted by Crippen LogP contribution is 2.09. The number of nitrogens with zero attached hydrogens (tertiary/aromatic N) is 2. The van der Waals surface area contributed by atoms with Gasteiger partial charge in [-0.3, -0.25) is 0 Å². The van der Waals surface area contributed by atoms with Crippen molar-refractivity contribution in [2.75, 3.05) is 5.32 Å². The van der Waals surface area contributed by atoms with Crippen LogP contribution in [0.15, 0.2) is 28.7 Å². The molecule has 4 nitrogen and oxygen atoms in total. The Hall–Kier alpha value is -1.84. The second-order valence-electron chi connectivity index (χ2n) is 3.43. The maximum Gasteiger partial charge on any atom is 0.235 e. The predicted octanol–water partition coefficient (Wildman–Crippen LogP) is 2.30. The van der Waals surface area contributed by atoms with Crippen molar-refractivity contribution in [3.05, 3.63) is 41.6 Å². The number of nitrogens with one attached hydrogen (secondary N) is 1. The van der Waals surface area contributed by atoms with Crippen LogP contribution in [0.2, 0.25) is 0 Å². The van der Waals surface area contributed by atoms with Crippen LogP contribution in [-0.4, -0.2) is 10.2 Å². The molecule has 0 radical (unpaired) electrons. The Morgan fingerprint density at radius 1 is 1.13 bits per heavy atom. The van der Waals surface area contributed by atoms with Gasteiger partial charge in [0.05, 0.1) is 6.54 Å². The zero-order valence-electron chi connectivity index (χ0n) is 8.82. The highest BCUT2D eigenvalue weighted by molar-refractivity contribution is 5.44. The third-order valence-electron chi connectivity index (χ3n) is 2.06. The molecule has 0 saturated heterocycles. The van der Waals surface area contributed by atoms with Crippen molar-refractivity contribution in [3.8, 4) is 0 Å². The van der Waals surface area contributed by atoms with Gasteiger partial charge >= 0.3 is 0 Å². The summed E-state index contributed by atoms with van der Waals surface area (Å²) in [5.74, 6) is 1.20. The van der Waals surface area contributed by atoms with E-state index >= 15 is 0 Å². The van der Waals surface area contributed by atoms with Gasteiger partial charge in [0.1, 0.15) is 0 Å². The largest absolute Gasteiger partial charge is 0.424 e. The Morgan fingerprint density at radius 3 is 2.47 bits per heavy atom. The Balaban J connectivity index is 1.96. The molecule has 0 amide bonds. The molecule has 0 saturated carbocycles. The minimum atomic E-state index is 0.559. The average Bonchev–Trinajstić information content (AvgIpc) is 2.64. The zero-order valence-corrected chi connectivity index (χ0v) is 8.82. The molecule has 0 aliphatic rings. The molecule has 4 heteroatoms. The van der Waals surface area contributed by atoms with Gasteiger partial charge in [-0.25, -0.2) is 0 Å². The fourth-order valence-corrected chi connectivity index (χ4v) is 1.26. The Labute approximate surface area is 88.3 Å². The average molecular weight is 203 g/mol. The van der Waals surface area contributed by atoms with Crippen LogP contribution in [0.25, 0.3) is 0 Å². The zero-order chi connectivity index (χ0) is 10.7. The number of aryl methyl sites for hydroxylation is 2. The number of benzene rings is 1.